The van der Waals surface area contributed by atoms with Gasteiger partial charge >= 0.3 is 0 Å². The molecular formula is C8H11NO2. The number of rotatable bonds is 2. The van der Waals surface area contributed by atoms with E-state index in [0.717, 1.165) is 5.76 Å². The van der Waals surface area contributed by atoms with Crippen molar-refractivity contribution in [3.05, 3.63) is 23.7 Å². The standard InChI is InChI=1S/C8H11NO2/c1-6(2)8-4-3-7(11-8)5-9-10/h3-6,10H,1-2H3/b9-5+. The van der Waals surface area contributed by atoms with Crippen LogP contribution in [0.3, 0.4) is 0 Å². The minimum Gasteiger partial charge on any atom is -0.460 e. The molecule has 0 radical (unpaired) electrons. The van der Waals surface area contributed by atoms with Crippen molar-refractivity contribution in [3.8, 4) is 0 Å². The molecule has 0 aliphatic rings. The second kappa shape index (κ2) is 3.23. The molecule has 0 fully saturated rings. The van der Waals surface area contributed by atoms with Crippen molar-refractivity contribution in [2.24, 2.45) is 5.16 Å². The van der Waals surface area contributed by atoms with Crippen LogP contribution in [0.15, 0.2) is 21.7 Å². The van der Waals surface area contributed by atoms with Gasteiger partial charge in [-0.2, -0.15) is 0 Å². The zero-order valence-corrected chi connectivity index (χ0v) is 6.61. The van der Waals surface area contributed by atoms with Gasteiger partial charge in [-0.25, -0.2) is 0 Å². The Morgan fingerprint density at radius 3 is 2.73 bits per heavy atom. The molecule has 3 nitrogen and oxygen atoms in total. The fourth-order valence-electron chi connectivity index (χ4n) is 0.805. The molecule has 0 unspecified atom stereocenters. The Morgan fingerprint density at radius 2 is 2.27 bits per heavy atom. The highest BCUT2D eigenvalue weighted by molar-refractivity contribution is 5.75. The van der Waals surface area contributed by atoms with Crippen molar-refractivity contribution in [2.45, 2.75) is 19.8 Å². The third-order valence-corrected chi connectivity index (χ3v) is 1.40. The van der Waals surface area contributed by atoms with Crippen LogP contribution in [0.25, 0.3) is 0 Å². The van der Waals surface area contributed by atoms with Gasteiger partial charge in [0, 0.05) is 5.92 Å². The normalized spacial score (nSPS) is 11.5. The second-order valence-electron chi connectivity index (χ2n) is 2.64. The van der Waals surface area contributed by atoms with Crippen LogP contribution in [0.1, 0.15) is 31.3 Å². The first-order chi connectivity index (χ1) is 5.24. The van der Waals surface area contributed by atoms with Crippen LogP contribution in [0, 0.1) is 0 Å². The van der Waals surface area contributed by atoms with Crippen molar-refractivity contribution in [1.82, 2.24) is 0 Å². The first kappa shape index (κ1) is 7.85. The molecule has 1 heterocycles. The summed E-state index contributed by atoms with van der Waals surface area (Å²) in [4.78, 5) is 0. The van der Waals surface area contributed by atoms with Crippen molar-refractivity contribution < 1.29 is 9.62 Å². The number of hydrogen-bond acceptors (Lipinski definition) is 3. The van der Waals surface area contributed by atoms with E-state index in [2.05, 4.69) is 5.16 Å². The van der Waals surface area contributed by atoms with Gasteiger partial charge < -0.3 is 9.62 Å². The van der Waals surface area contributed by atoms with Gasteiger partial charge in [0.05, 0.1) is 0 Å². The Balaban J connectivity index is 2.81. The zero-order valence-electron chi connectivity index (χ0n) is 6.61. The molecule has 1 aromatic heterocycles. The average molecular weight is 153 g/mol. The highest BCUT2D eigenvalue weighted by Gasteiger charge is 2.03. The largest absolute Gasteiger partial charge is 0.460 e. The van der Waals surface area contributed by atoms with Crippen molar-refractivity contribution in [1.29, 1.82) is 0 Å². The van der Waals surface area contributed by atoms with Gasteiger partial charge in [-0.1, -0.05) is 19.0 Å². The summed E-state index contributed by atoms with van der Waals surface area (Å²) in [5, 5.41) is 11.0. The second-order valence-corrected chi connectivity index (χ2v) is 2.64. The predicted octanol–water partition coefficient (Wildman–Crippen LogP) is 2.21. The minimum absolute atomic E-state index is 0.371. The smallest absolute Gasteiger partial charge is 0.148 e. The summed E-state index contributed by atoms with van der Waals surface area (Å²) in [5.74, 6) is 1.85. The minimum atomic E-state index is 0.371. The fraction of sp³-hybridized carbons (Fsp3) is 0.375. The van der Waals surface area contributed by atoms with Crippen LogP contribution in [0.5, 0.6) is 0 Å². The lowest BCUT2D eigenvalue weighted by Gasteiger charge is -1.96. The third-order valence-electron chi connectivity index (χ3n) is 1.40. The maximum Gasteiger partial charge on any atom is 0.148 e. The Labute approximate surface area is 65.3 Å². The molecule has 1 N–H and O–H groups in total. The molecule has 3 heteroatoms. The van der Waals surface area contributed by atoms with E-state index >= 15 is 0 Å². The summed E-state index contributed by atoms with van der Waals surface area (Å²) < 4.78 is 5.28. The van der Waals surface area contributed by atoms with Crippen LogP contribution < -0.4 is 0 Å². The molecule has 0 aromatic carbocycles. The highest BCUT2D eigenvalue weighted by Crippen LogP contribution is 2.16. The number of oxime groups is 1. The van der Waals surface area contributed by atoms with Crippen LogP contribution in [0.4, 0.5) is 0 Å². The summed E-state index contributed by atoms with van der Waals surface area (Å²) in [6.45, 7) is 4.08. The van der Waals surface area contributed by atoms with Crippen LogP contribution in [0.2, 0.25) is 0 Å². The molecule has 0 saturated carbocycles. The first-order valence-electron chi connectivity index (χ1n) is 3.51. The molecule has 0 amide bonds. The van der Waals surface area contributed by atoms with Crippen LogP contribution in [-0.4, -0.2) is 11.4 Å². The molecule has 0 aliphatic carbocycles. The van der Waals surface area contributed by atoms with E-state index in [-0.39, 0.29) is 0 Å². The lowest BCUT2D eigenvalue weighted by molar-refractivity contribution is 0.320. The fourth-order valence-corrected chi connectivity index (χ4v) is 0.805. The predicted molar refractivity (Wildman–Crippen MR) is 42.2 cm³/mol. The molecule has 0 bridgehead atoms. The van der Waals surface area contributed by atoms with E-state index in [4.69, 9.17) is 9.62 Å². The Morgan fingerprint density at radius 1 is 1.55 bits per heavy atom. The van der Waals surface area contributed by atoms with E-state index in [1.807, 2.05) is 19.9 Å². The molecule has 0 atom stereocenters. The van der Waals surface area contributed by atoms with Gasteiger partial charge in [0.1, 0.15) is 17.7 Å². The maximum absolute atomic E-state index is 8.18. The summed E-state index contributed by atoms with van der Waals surface area (Å²) in [5.41, 5.74) is 0. The Bertz CT molecular complexity index is 250. The molecule has 0 saturated heterocycles. The molecule has 11 heavy (non-hydrogen) atoms. The number of nitrogens with zero attached hydrogens (tertiary/aromatic N) is 1. The maximum atomic E-state index is 8.18. The molecule has 60 valence electrons. The van der Waals surface area contributed by atoms with E-state index in [1.165, 1.54) is 6.21 Å². The summed E-state index contributed by atoms with van der Waals surface area (Å²) in [6.07, 6.45) is 1.27. The van der Waals surface area contributed by atoms with E-state index in [1.54, 1.807) is 6.07 Å². The first-order valence-corrected chi connectivity index (χ1v) is 3.51. The molecule has 1 aromatic rings. The topological polar surface area (TPSA) is 45.7 Å². The molecule has 1 rings (SSSR count). The van der Waals surface area contributed by atoms with Crippen LogP contribution >= 0.6 is 0 Å². The lowest BCUT2D eigenvalue weighted by Crippen LogP contribution is -1.81. The zero-order chi connectivity index (χ0) is 8.27. The molecule has 0 aliphatic heterocycles. The molecular weight excluding hydrogens is 142 g/mol. The van der Waals surface area contributed by atoms with E-state index in [0.29, 0.717) is 11.7 Å². The van der Waals surface area contributed by atoms with Crippen molar-refractivity contribution in [2.75, 3.05) is 0 Å². The van der Waals surface area contributed by atoms with Crippen molar-refractivity contribution >= 4 is 6.21 Å². The highest BCUT2D eigenvalue weighted by atomic mass is 16.4. The van der Waals surface area contributed by atoms with E-state index < -0.39 is 0 Å². The van der Waals surface area contributed by atoms with Gasteiger partial charge in [-0.3, -0.25) is 0 Å². The van der Waals surface area contributed by atoms with Gasteiger partial charge in [-0.05, 0) is 12.1 Å². The third kappa shape index (κ3) is 1.83. The van der Waals surface area contributed by atoms with Crippen molar-refractivity contribution in [3.63, 3.8) is 0 Å². The van der Waals surface area contributed by atoms with Gasteiger partial charge in [0.25, 0.3) is 0 Å². The average Bonchev–Trinajstić information content (AvgIpc) is 2.37. The Hall–Kier alpha value is -1.25. The monoisotopic (exact) mass is 153 g/mol. The van der Waals surface area contributed by atoms with Gasteiger partial charge in [0.15, 0.2) is 0 Å². The molecule has 0 spiro atoms. The SMILES string of the molecule is CC(C)c1ccc(/C=N/O)o1. The summed E-state index contributed by atoms with van der Waals surface area (Å²) >= 11 is 0. The quantitative estimate of drug-likeness (QED) is 0.402. The van der Waals surface area contributed by atoms with E-state index in [9.17, 15) is 0 Å². The summed E-state index contributed by atoms with van der Waals surface area (Å²) in [6, 6.07) is 3.65. The lowest BCUT2D eigenvalue weighted by atomic mass is 10.2. The number of furan rings is 1. The van der Waals surface area contributed by atoms with Gasteiger partial charge in [-0.15, -0.1) is 0 Å². The Kier molecular flexibility index (Phi) is 2.31. The van der Waals surface area contributed by atoms with Crippen LogP contribution in [-0.2, 0) is 0 Å². The van der Waals surface area contributed by atoms with Gasteiger partial charge in [0.2, 0.25) is 0 Å². The summed E-state index contributed by atoms with van der Waals surface area (Å²) in [7, 11) is 0. The number of hydrogen-bond donors (Lipinski definition) is 1.